The lowest BCUT2D eigenvalue weighted by Crippen LogP contribution is -2.11. The van der Waals surface area contributed by atoms with Gasteiger partial charge in [0.05, 0.1) is 26.4 Å². The fourth-order valence-corrected chi connectivity index (χ4v) is 1.13. The molecule has 1 aromatic rings. The number of methoxy groups -OCH3 is 1. The lowest BCUT2D eigenvalue weighted by molar-refractivity contribution is 0.0528. The molecule has 0 atom stereocenters. The van der Waals surface area contributed by atoms with Gasteiger partial charge in [0.25, 0.3) is 5.88 Å². The van der Waals surface area contributed by atoms with E-state index in [1.807, 2.05) is 0 Å². The van der Waals surface area contributed by atoms with Crippen molar-refractivity contribution in [1.82, 2.24) is 4.98 Å². The third-order valence-corrected chi connectivity index (χ3v) is 2.01. The molecule has 0 amide bonds. The smallest absolute Gasteiger partial charge is 0.250 e. The van der Waals surface area contributed by atoms with Crippen LogP contribution in [0.5, 0.6) is 5.88 Å². The molecule has 0 aliphatic heterocycles. The highest BCUT2D eigenvalue weighted by Gasteiger charge is 2.09. The zero-order chi connectivity index (χ0) is 12.5. The molecule has 0 aliphatic rings. The van der Waals surface area contributed by atoms with Gasteiger partial charge >= 0.3 is 0 Å². The molecule has 1 rings (SSSR count). The summed E-state index contributed by atoms with van der Waals surface area (Å²) < 4.78 is 28.5. The van der Waals surface area contributed by atoms with Crippen molar-refractivity contribution < 1.29 is 23.7 Å². The van der Waals surface area contributed by atoms with Gasteiger partial charge in [0.2, 0.25) is 0 Å². The van der Waals surface area contributed by atoms with Crippen LogP contribution >= 0.6 is 0 Å². The summed E-state index contributed by atoms with van der Waals surface area (Å²) in [5, 5.41) is 8.85. The minimum atomic E-state index is -0.633. The van der Waals surface area contributed by atoms with Crippen LogP contribution in [0.1, 0.15) is 5.56 Å². The minimum Gasteiger partial charge on any atom is -0.473 e. The highest BCUT2D eigenvalue weighted by atomic mass is 19.1. The molecule has 0 radical (unpaired) electrons. The van der Waals surface area contributed by atoms with E-state index in [2.05, 4.69) is 4.98 Å². The van der Waals surface area contributed by atoms with Crippen molar-refractivity contribution in [2.45, 2.75) is 6.61 Å². The van der Waals surface area contributed by atoms with E-state index in [1.54, 1.807) is 7.11 Å². The Morgan fingerprint density at radius 2 is 2.06 bits per heavy atom. The Kier molecular flexibility index (Phi) is 6.46. The summed E-state index contributed by atoms with van der Waals surface area (Å²) in [7, 11) is 1.58. The fourth-order valence-electron chi connectivity index (χ4n) is 1.13. The summed E-state index contributed by atoms with van der Waals surface area (Å²) in [6, 6.07) is 1.40. The normalized spacial score (nSPS) is 10.5. The Hall–Kier alpha value is -1.24. The Balaban J connectivity index is 2.31. The van der Waals surface area contributed by atoms with Gasteiger partial charge in [-0.05, 0) is 6.07 Å². The monoisotopic (exact) mass is 245 g/mol. The number of pyridine rings is 1. The van der Waals surface area contributed by atoms with Crippen molar-refractivity contribution in [3.05, 3.63) is 23.6 Å². The number of aromatic nitrogens is 1. The maximum absolute atomic E-state index is 13.5. The molecule has 6 heteroatoms. The summed E-state index contributed by atoms with van der Waals surface area (Å²) in [5.74, 6) is -0.751. The predicted octanol–water partition coefficient (Wildman–Crippen LogP) is 0.755. The van der Waals surface area contributed by atoms with Crippen molar-refractivity contribution in [1.29, 1.82) is 0 Å². The van der Waals surface area contributed by atoms with Gasteiger partial charge in [0.1, 0.15) is 6.61 Å². The van der Waals surface area contributed by atoms with Gasteiger partial charge < -0.3 is 19.3 Å². The molecule has 0 aromatic carbocycles. The summed E-state index contributed by atoms with van der Waals surface area (Å²) in [6.45, 7) is 1.12. The number of hydrogen-bond donors (Lipinski definition) is 1. The Bertz CT molecular complexity index is 335. The van der Waals surface area contributed by atoms with Gasteiger partial charge in [-0.2, -0.15) is 0 Å². The Labute approximate surface area is 99.1 Å². The third kappa shape index (κ3) is 4.64. The van der Waals surface area contributed by atoms with Crippen molar-refractivity contribution in [2.24, 2.45) is 0 Å². The molecule has 0 fully saturated rings. The first-order chi connectivity index (χ1) is 8.29. The molecule has 1 heterocycles. The topological polar surface area (TPSA) is 60.8 Å². The number of rotatable bonds is 8. The van der Waals surface area contributed by atoms with Crippen LogP contribution in [-0.2, 0) is 16.1 Å². The highest BCUT2D eigenvalue weighted by molar-refractivity contribution is 5.22. The number of hydrogen-bond acceptors (Lipinski definition) is 5. The first kappa shape index (κ1) is 13.8. The zero-order valence-corrected chi connectivity index (χ0v) is 9.69. The number of nitrogens with zero attached hydrogens (tertiary/aromatic N) is 1. The van der Waals surface area contributed by atoms with Gasteiger partial charge in [-0.1, -0.05) is 0 Å². The fraction of sp³-hybridized carbons (Fsp3) is 0.545. The summed E-state index contributed by atoms with van der Waals surface area (Å²) in [4.78, 5) is 3.73. The van der Waals surface area contributed by atoms with Gasteiger partial charge in [0.15, 0.2) is 5.82 Å². The summed E-state index contributed by atoms with van der Waals surface area (Å²) >= 11 is 0. The maximum atomic E-state index is 13.5. The zero-order valence-electron chi connectivity index (χ0n) is 9.69. The first-order valence-electron chi connectivity index (χ1n) is 5.23. The predicted molar refractivity (Wildman–Crippen MR) is 58.3 cm³/mol. The van der Waals surface area contributed by atoms with E-state index >= 15 is 0 Å². The van der Waals surface area contributed by atoms with E-state index < -0.39 is 5.82 Å². The molecule has 0 aliphatic carbocycles. The number of halogens is 1. The molecule has 0 unspecified atom stereocenters. The molecule has 0 saturated heterocycles. The second-order valence-electron chi connectivity index (χ2n) is 3.20. The van der Waals surface area contributed by atoms with Crippen LogP contribution < -0.4 is 4.74 Å². The van der Waals surface area contributed by atoms with Crippen LogP contribution in [0.3, 0.4) is 0 Å². The summed E-state index contributed by atoms with van der Waals surface area (Å²) in [5.41, 5.74) is 0.162. The maximum Gasteiger partial charge on any atom is 0.250 e. The van der Waals surface area contributed by atoms with Crippen molar-refractivity contribution >= 4 is 0 Å². The molecule has 0 spiro atoms. The second-order valence-corrected chi connectivity index (χ2v) is 3.20. The SMILES string of the molecule is COCCOCCOc1nccc(CO)c1F. The Morgan fingerprint density at radius 1 is 1.29 bits per heavy atom. The molecule has 1 aromatic heterocycles. The van der Waals surface area contributed by atoms with Crippen LogP contribution in [0.25, 0.3) is 0 Å². The van der Waals surface area contributed by atoms with E-state index in [-0.39, 0.29) is 24.7 Å². The van der Waals surface area contributed by atoms with Gasteiger partial charge in [-0.3, -0.25) is 0 Å². The van der Waals surface area contributed by atoms with Crippen LogP contribution in [0.2, 0.25) is 0 Å². The lowest BCUT2D eigenvalue weighted by atomic mass is 10.3. The first-order valence-corrected chi connectivity index (χ1v) is 5.23. The van der Waals surface area contributed by atoms with E-state index in [9.17, 15) is 4.39 Å². The molecule has 0 bridgehead atoms. The molecular weight excluding hydrogens is 229 g/mol. The van der Waals surface area contributed by atoms with E-state index in [0.717, 1.165) is 0 Å². The van der Waals surface area contributed by atoms with E-state index in [1.165, 1.54) is 12.3 Å². The van der Waals surface area contributed by atoms with Gasteiger partial charge in [-0.15, -0.1) is 0 Å². The van der Waals surface area contributed by atoms with Crippen molar-refractivity contribution in [2.75, 3.05) is 33.5 Å². The second kappa shape index (κ2) is 7.94. The molecular formula is C11H16FNO4. The lowest BCUT2D eigenvalue weighted by Gasteiger charge is -2.08. The average molecular weight is 245 g/mol. The van der Waals surface area contributed by atoms with Crippen molar-refractivity contribution in [3.8, 4) is 5.88 Å². The largest absolute Gasteiger partial charge is 0.473 e. The molecule has 96 valence electrons. The van der Waals surface area contributed by atoms with Crippen LogP contribution in [-0.4, -0.2) is 43.6 Å². The number of ether oxygens (including phenoxy) is 3. The number of aliphatic hydroxyl groups is 1. The average Bonchev–Trinajstić information content (AvgIpc) is 2.35. The van der Waals surface area contributed by atoms with Crippen LogP contribution in [0.4, 0.5) is 4.39 Å². The van der Waals surface area contributed by atoms with E-state index in [4.69, 9.17) is 19.3 Å². The van der Waals surface area contributed by atoms with Crippen LogP contribution in [0, 0.1) is 5.82 Å². The summed E-state index contributed by atoms with van der Waals surface area (Å²) in [6.07, 6.45) is 1.38. The van der Waals surface area contributed by atoms with E-state index in [0.29, 0.717) is 19.8 Å². The molecule has 5 nitrogen and oxygen atoms in total. The minimum absolute atomic E-state index is 0.119. The number of aliphatic hydroxyl groups excluding tert-OH is 1. The standard InChI is InChI=1S/C11H16FNO4/c1-15-4-5-16-6-7-17-11-10(12)9(8-14)2-3-13-11/h2-3,14H,4-8H2,1H3. The van der Waals surface area contributed by atoms with Crippen LogP contribution in [0.15, 0.2) is 12.3 Å². The molecule has 17 heavy (non-hydrogen) atoms. The molecule has 0 saturated carbocycles. The third-order valence-electron chi connectivity index (χ3n) is 2.01. The molecule has 1 N–H and O–H groups in total. The van der Waals surface area contributed by atoms with Gasteiger partial charge in [-0.25, -0.2) is 9.37 Å². The highest BCUT2D eigenvalue weighted by Crippen LogP contribution is 2.16. The van der Waals surface area contributed by atoms with Crippen molar-refractivity contribution in [3.63, 3.8) is 0 Å². The van der Waals surface area contributed by atoms with Gasteiger partial charge in [0, 0.05) is 18.9 Å². The Morgan fingerprint density at radius 3 is 2.76 bits per heavy atom. The quantitative estimate of drug-likeness (QED) is 0.685.